The van der Waals surface area contributed by atoms with Gasteiger partial charge < -0.3 is 19.7 Å². The summed E-state index contributed by atoms with van der Waals surface area (Å²) in [5.41, 5.74) is 0.171. The molecule has 5 nitrogen and oxygen atoms in total. The van der Waals surface area contributed by atoms with Crippen LogP contribution in [-0.2, 0) is 11.5 Å². The molecule has 94 valence electrons. The summed E-state index contributed by atoms with van der Waals surface area (Å²) in [5, 5.41) is 18.2. The molecule has 0 fully saturated rings. The number of methoxy groups -OCH3 is 2. The molecule has 0 aromatic heterocycles. The molecule has 0 saturated heterocycles. The molecule has 1 unspecified atom stereocenters. The maximum absolute atomic E-state index is 12.6. The first kappa shape index (κ1) is 13.2. The summed E-state index contributed by atoms with van der Waals surface area (Å²) in [6.07, 6.45) is -1.79. The zero-order valence-corrected chi connectivity index (χ0v) is 9.44. The first-order valence-electron chi connectivity index (χ1n) is 4.76. The average molecular weight is 244 g/mol. The summed E-state index contributed by atoms with van der Waals surface area (Å²) in [6, 6.07) is 2.62. The minimum atomic E-state index is -1.79. The van der Waals surface area contributed by atoms with E-state index in [0.29, 0.717) is 0 Å². The van der Waals surface area contributed by atoms with Crippen molar-refractivity contribution in [3.8, 4) is 11.5 Å². The van der Waals surface area contributed by atoms with E-state index in [4.69, 9.17) is 14.6 Å². The van der Waals surface area contributed by atoms with Crippen molar-refractivity contribution in [2.75, 3.05) is 14.2 Å². The van der Waals surface area contributed by atoms with E-state index in [0.717, 1.165) is 0 Å². The molecule has 0 aliphatic heterocycles. The van der Waals surface area contributed by atoms with Gasteiger partial charge in [0.2, 0.25) is 0 Å². The SMILES string of the molecule is COc1cc(CF)cc(C(O)C(=O)O)c1OC. The van der Waals surface area contributed by atoms with Crippen LogP contribution < -0.4 is 9.47 Å². The third-order valence-electron chi connectivity index (χ3n) is 2.25. The molecule has 1 rings (SSSR count). The zero-order chi connectivity index (χ0) is 13.0. The molecule has 0 spiro atoms. The number of carbonyl (C=O) groups is 1. The molecule has 1 aromatic rings. The fourth-order valence-corrected chi connectivity index (χ4v) is 1.47. The van der Waals surface area contributed by atoms with Crippen LogP contribution in [0.25, 0.3) is 0 Å². The van der Waals surface area contributed by atoms with Gasteiger partial charge in [0.25, 0.3) is 0 Å². The number of ether oxygens (including phenoxy) is 2. The molecule has 6 heteroatoms. The highest BCUT2D eigenvalue weighted by Crippen LogP contribution is 2.36. The lowest BCUT2D eigenvalue weighted by molar-refractivity contribution is -0.147. The Kier molecular flexibility index (Phi) is 4.28. The Bertz CT molecular complexity index is 419. The fraction of sp³-hybridized carbons (Fsp3) is 0.364. The van der Waals surface area contributed by atoms with E-state index < -0.39 is 18.7 Å². The number of carboxylic acid groups (broad SMARTS) is 1. The van der Waals surface area contributed by atoms with Crippen molar-refractivity contribution in [3.05, 3.63) is 23.3 Å². The number of hydrogen-bond acceptors (Lipinski definition) is 4. The van der Waals surface area contributed by atoms with Crippen LogP contribution in [0.1, 0.15) is 17.2 Å². The Balaban J connectivity index is 3.38. The van der Waals surface area contributed by atoms with Crippen LogP contribution >= 0.6 is 0 Å². The van der Waals surface area contributed by atoms with Crippen LogP contribution in [-0.4, -0.2) is 30.4 Å². The van der Waals surface area contributed by atoms with Gasteiger partial charge in [-0.25, -0.2) is 9.18 Å². The highest BCUT2D eigenvalue weighted by atomic mass is 19.1. The zero-order valence-electron chi connectivity index (χ0n) is 9.44. The number of aliphatic hydroxyl groups excluding tert-OH is 1. The van der Waals surface area contributed by atoms with Crippen LogP contribution in [0.3, 0.4) is 0 Å². The Labute approximate surface area is 97.4 Å². The number of aliphatic hydroxyl groups is 1. The van der Waals surface area contributed by atoms with Crippen molar-refractivity contribution < 1.29 is 28.9 Å². The number of aliphatic carboxylic acids is 1. The Hall–Kier alpha value is -1.82. The standard InChI is InChI=1S/C11H13FO5/c1-16-8-4-6(5-12)3-7(10(8)17-2)9(13)11(14)15/h3-4,9,13H,5H2,1-2H3,(H,14,15). The number of hydrogen-bond donors (Lipinski definition) is 2. The van der Waals surface area contributed by atoms with Gasteiger partial charge in [-0.1, -0.05) is 0 Å². The van der Waals surface area contributed by atoms with Gasteiger partial charge in [0.1, 0.15) is 6.67 Å². The van der Waals surface area contributed by atoms with Gasteiger partial charge in [0.15, 0.2) is 17.6 Å². The third kappa shape index (κ3) is 2.65. The van der Waals surface area contributed by atoms with Gasteiger partial charge >= 0.3 is 5.97 Å². The molecule has 0 aliphatic rings. The maximum Gasteiger partial charge on any atom is 0.337 e. The van der Waals surface area contributed by atoms with Crippen molar-refractivity contribution in [1.82, 2.24) is 0 Å². The molecule has 0 aliphatic carbocycles. The smallest absolute Gasteiger partial charge is 0.337 e. The topological polar surface area (TPSA) is 76.0 Å². The van der Waals surface area contributed by atoms with Gasteiger partial charge in [0.05, 0.1) is 14.2 Å². The van der Waals surface area contributed by atoms with Crippen LogP contribution in [0.5, 0.6) is 11.5 Å². The molecule has 17 heavy (non-hydrogen) atoms. The molecule has 0 saturated carbocycles. The van der Waals surface area contributed by atoms with E-state index in [1.165, 1.54) is 26.4 Å². The summed E-state index contributed by atoms with van der Waals surface area (Å²) in [6.45, 7) is -0.792. The first-order chi connectivity index (χ1) is 8.04. The summed E-state index contributed by atoms with van der Waals surface area (Å²) >= 11 is 0. The van der Waals surface area contributed by atoms with Crippen molar-refractivity contribution in [1.29, 1.82) is 0 Å². The minimum Gasteiger partial charge on any atom is -0.493 e. The molecule has 0 amide bonds. The largest absolute Gasteiger partial charge is 0.493 e. The van der Waals surface area contributed by atoms with Gasteiger partial charge in [-0.05, 0) is 17.7 Å². The molecule has 0 bridgehead atoms. The second kappa shape index (κ2) is 5.49. The molecular formula is C11H13FO5. The predicted molar refractivity (Wildman–Crippen MR) is 57.0 cm³/mol. The molecule has 1 aromatic carbocycles. The monoisotopic (exact) mass is 244 g/mol. The minimum absolute atomic E-state index is 0.0352. The van der Waals surface area contributed by atoms with E-state index in [9.17, 15) is 14.3 Å². The third-order valence-corrected chi connectivity index (χ3v) is 2.25. The lowest BCUT2D eigenvalue weighted by atomic mass is 10.0. The van der Waals surface area contributed by atoms with E-state index in [1.54, 1.807) is 0 Å². The Morgan fingerprint density at radius 3 is 2.47 bits per heavy atom. The molecule has 2 N–H and O–H groups in total. The number of carboxylic acids is 1. The number of rotatable bonds is 5. The van der Waals surface area contributed by atoms with E-state index in [-0.39, 0.29) is 22.6 Å². The van der Waals surface area contributed by atoms with E-state index in [1.807, 2.05) is 0 Å². The van der Waals surface area contributed by atoms with Crippen LogP contribution in [0.2, 0.25) is 0 Å². The second-order valence-corrected chi connectivity index (χ2v) is 3.29. The maximum atomic E-state index is 12.6. The second-order valence-electron chi connectivity index (χ2n) is 3.29. The van der Waals surface area contributed by atoms with Crippen LogP contribution in [0, 0.1) is 0 Å². The van der Waals surface area contributed by atoms with E-state index >= 15 is 0 Å². The highest BCUT2D eigenvalue weighted by Gasteiger charge is 2.24. The molecule has 1 atom stereocenters. The summed E-state index contributed by atoms with van der Waals surface area (Å²) in [4.78, 5) is 10.7. The van der Waals surface area contributed by atoms with Crippen molar-refractivity contribution in [3.63, 3.8) is 0 Å². The summed E-state index contributed by atoms with van der Waals surface area (Å²) in [5.74, 6) is -1.18. The lowest BCUT2D eigenvalue weighted by Crippen LogP contribution is -2.12. The van der Waals surface area contributed by atoms with Crippen molar-refractivity contribution in [2.24, 2.45) is 0 Å². The van der Waals surface area contributed by atoms with Crippen molar-refractivity contribution >= 4 is 5.97 Å². The van der Waals surface area contributed by atoms with Crippen LogP contribution in [0.4, 0.5) is 4.39 Å². The van der Waals surface area contributed by atoms with Gasteiger partial charge in [-0.2, -0.15) is 0 Å². The fourth-order valence-electron chi connectivity index (χ4n) is 1.47. The van der Waals surface area contributed by atoms with Crippen LogP contribution in [0.15, 0.2) is 12.1 Å². The highest BCUT2D eigenvalue weighted by molar-refractivity contribution is 5.76. The Morgan fingerprint density at radius 2 is 2.06 bits per heavy atom. The normalized spacial score (nSPS) is 12.0. The van der Waals surface area contributed by atoms with E-state index in [2.05, 4.69) is 0 Å². The van der Waals surface area contributed by atoms with Crippen molar-refractivity contribution in [2.45, 2.75) is 12.8 Å². The van der Waals surface area contributed by atoms with Gasteiger partial charge in [0, 0.05) is 5.56 Å². The quantitative estimate of drug-likeness (QED) is 0.816. The number of alkyl halides is 1. The summed E-state index contributed by atoms with van der Waals surface area (Å²) in [7, 11) is 2.65. The Morgan fingerprint density at radius 1 is 1.41 bits per heavy atom. The lowest BCUT2D eigenvalue weighted by Gasteiger charge is -2.16. The predicted octanol–water partition coefficient (Wildman–Crippen LogP) is 1.29. The van der Waals surface area contributed by atoms with Gasteiger partial charge in [-0.15, -0.1) is 0 Å². The molecular weight excluding hydrogens is 231 g/mol. The number of benzene rings is 1. The number of halogens is 1. The molecule has 0 radical (unpaired) electrons. The summed E-state index contributed by atoms with van der Waals surface area (Å²) < 4.78 is 22.5. The first-order valence-corrected chi connectivity index (χ1v) is 4.76. The molecule has 0 heterocycles. The average Bonchev–Trinajstić information content (AvgIpc) is 2.35. The van der Waals surface area contributed by atoms with Gasteiger partial charge in [-0.3, -0.25) is 0 Å².